The molecule has 0 fully saturated rings. The van der Waals surface area contributed by atoms with Gasteiger partial charge in [-0.15, -0.1) is 0 Å². The number of nitrogens with zero attached hydrogens (tertiary/aromatic N) is 2. The molecule has 0 saturated carbocycles. The standard InChI is InChI=1S/C12H14N2O5S/c1-14(5-6-20(2,17)18)12-13-9-4-3-8(11(15)16)7-10(9)19-12/h3-4,7H,5-6H2,1-2H3,(H,15,16). The summed E-state index contributed by atoms with van der Waals surface area (Å²) in [6, 6.07) is 4.63. The second-order valence-corrected chi connectivity index (χ2v) is 6.80. The molecule has 108 valence electrons. The van der Waals surface area contributed by atoms with E-state index in [1.54, 1.807) is 18.0 Å². The number of hydrogen-bond donors (Lipinski definition) is 1. The van der Waals surface area contributed by atoms with Crippen LogP contribution in [0.4, 0.5) is 6.01 Å². The van der Waals surface area contributed by atoms with Crippen LogP contribution >= 0.6 is 0 Å². The highest BCUT2D eigenvalue weighted by atomic mass is 32.2. The maximum absolute atomic E-state index is 11.1. The van der Waals surface area contributed by atoms with Crippen molar-refractivity contribution >= 4 is 32.9 Å². The van der Waals surface area contributed by atoms with Crippen LogP contribution in [-0.4, -0.2) is 50.1 Å². The number of rotatable bonds is 5. The molecule has 0 aliphatic rings. The number of benzene rings is 1. The molecular formula is C12H14N2O5S. The van der Waals surface area contributed by atoms with Crippen molar-refractivity contribution in [1.82, 2.24) is 4.98 Å². The van der Waals surface area contributed by atoms with E-state index in [9.17, 15) is 13.2 Å². The molecule has 0 radical (unpaired) electrons. The zero-order chi connectivity index (χ0) is 14.9. The van der Waals surface area contributed by atoms with Crippen LogP contribution in [0, 0.1) is 0 Å². The summed E-state index contributed by atoms with van der Waals surface area (Å²) >= 11 is 0. The van der Waals surface area contributed by atoms with E-state index in [1.807, 2.05) is 0 Å². The summed E-state index contributed by atoms with van der Waals surface area (Å²) in [5, 5.41) is 8.89. The third kappa shape index (κ3) is 3.27. The fourth-order valence-corrected chi connectivity index (χ4v) is 2.21. The Morgan fingerprint density at radius 1 is 1.45 bits per heavy atom. The van der Waals surface area contributed by atoms with E-state index in [2.05, 4.69) is 4.98 Å². The maximum atomic E-state index is 11.1. The van der Waals surface area contributed by atoms with Crippen molar-refractivity contribution < 1.29 is 22.7 Å². The van der Waals surface area contributed by atoms with Crippen LogP contribution in [-0.2, 0) is 9.84 Å². The normalized spacial score (nSPS) is 11.7. The Bertz CT molecular complexity index is 750. The van der Waals surface area contributed by atoms with Gasteiger partial charge in [0.15, 0.2) is 5.58 Å². The number of aromatic carboxylic acids is 1. The number of carboxylic acid groups (broad SMARTS) is 1. The minimum Gasteiger partial charge on any atom is -0.478 e. The first kappa shape index (κ1) is 14.3. The maximum Gasteiger partial charge on any atom is 0.335 e. The molecule has 1 N–H and O–H groups in total. The van der Waals surface area contributed by atoms with E-state index in [4.69, 9.17) is 9.52 Å². The molecule has 0 aliphatic heterocycles. The number of carboxylic acids is 1. The van der Waals surface area contributed by atoms with Gasteiger partial charge in [-0.05, 0) is 18.2 Å². The molecule has 1 aromatic heterocycles. The summed E-state index contributed by atoms with van der Waals surface area (Å²) in [6.07, 6.45) is 1.16. The van der Waals surface area contributed by atoms with Crippen LogP contribution in [0.5, 0.6) is 0 Å². The Morgan fingerprint density at radius 2 is 2.15 bits per heavy atom. The topological polar surface area (TPSA) is 101 Å². The zero-order valence-electron chi connectivity index (χ0n) is 11.0. The minimum absolute atomic E-state index is 0.0113. The van der Waals surface area contributed by atoms with Gasteiger partial charge in [0, 0.05) is 19.8 Å². The van der Waals surface area contributed by atoms with Crippen molar-refractivity contribution in [2.24, 2.45) is 0 Å². The lowest BCUT2D eigenvalue weighted by atomic mass is 10.2. The van der Waals surface area contributed by atoms with Crippen molar-refractivity contribution in [2.75, 3.05) is 30.5 Å². The summed E-state index contributed by atoms with van der Waals surface area (Å²) in [7, 11) is -1.40. The minimum atomic E-state index is -3.06. The predicted octanol–water partition coefficient (Wildman–Crippen LogP) is 1.01. The molecule has 20 heavy (non-hydrogen) atoms. The van der Waals surface area contributed by atoms with E-state index >= 15 is 0 Å². The average molecular weight is 298 g/mol. The van der Waals surface area contributed by atoms with E-state index in [1.165, 1.54) is 12.1 Å². The highest BCUT2D eigenvalue weighted by molar-refractivity contribution is 7.90. The Morgan fingerprint density at radius 3 is 2.75 bits per heavy atom. The smallest absolute Gasteiger partial charge is 0.335 e. The molecule has 0 aliphatic carbocycles. The molecular weight excluding hydrogens is 284 g/mol. The first-order valence-electron chi connectivity index (χ1n) is 5.79. The van der Waals surface area contributed by atoms with Gasteiger partial charge in [0.1, 0.15) is 15.4 Å². The lowest BCUT2D eigenvalue weighted by Crippen LogP contribution is -2.24. The van der Waals surface area contributed by atoms with E-state index in [-0.39, 0.29) is 23.9 Å². The molecule has 1 aromatic carbocycles. The van der Waals surface area contributed by atoms with Crippen LogP contribution in [0.1, 0.15) is 10.4 Å². The monoisotopic (exact) mass is 298 g/mol. The Labute approximate surface area is 115 Å². The quantitative estimate of drug-likeness (QED) is 0.878. The van der Waals surface area contributed by atoms with Gasteiger partial charge in [-0.1, -0.05) is 0 Å². The van der Waals surface area contributed by atoms with Gasteiger partial charge < -0.3 is 14.4 Å². The summed E-state index contributed by atoms with van der Waals surface area (Å²) in [6.45, 7) is 0.247. The van der Waals surface area contributed by atoms with Gasteiger partial charge in [0.25, 0.3) is 6.01 Å². The van der Waals surface area contributed by atoms with Gasteiger partial charge >= 0.3 is 5.97 Å². The van der Waals surface area contributed by atoms with Gasteiger partial charge in [0.2, 0.25) is 0 Å². The number of oxazole rings is 1. The summed E-state index contributed by atoms with van der Waals surface area (Å²) in [5.41, 5.74) is 0.987. The second-order valence-electron chi connectivity index (χ2n) is 4.54. The van der Waals surface area contributed by atoms with Crippen LogP contribution in [0.3, 0.4) is 0 Å². The number of hydrogen-bond acceptors (Lipinski definition) is 6. The molecule has 1 heterocycles. The molecule has 8 heteroatoms. The molecule has 0 amide bonds. The largest absolute Gasteiger partial charge is 0.478 e. The van der Waals surface area contributed by atoms with Crippen molar-refractivity contribution in [3.8, 4) is 0 Å². The fourth-order valence-electron chi connectivity index (χ4n) is 1.61. The lowest BCUT2D eigenvalue weighted by molar-refractivity contribution is 0.0697. The Balaban J connectivity index is 2.25. The number of carbonyl (C=O) groups is 1. The molecule has 0 spiro atoms. The summed E-state index contributed by atoms with van der Waals surface area (Å²) in [5.74, 6) is -1.06. The molecule has 7 nitrogen and oxygen atoms in total. The lowest BCUT2D eigenvalue weighted by Gasteiger charge is -2.12. The molecule has 0 saturated heterocycles. The van der Waals surface area contributed by atoms with Crippen LogP contribution in [0.15, 0.2) is 22.6 Å². The zero-order valence-corrected chi connectivity index (χ0v) is 11.8. The van der Waals surface area contributed by atoms with E-state index in [0.29, 0.717) is 11.1 Å². The van der Waals surface area contributed by atoms with Crippen LogP contribution < -0.4 is 4.90 Å². The van der Waals surface area contributed by atoms with Gasteiger partial charge in [-0.25, -0.2) is 13.2 Å². The third-order valence-electron chi connectivity index (χ3n) is 2.75. The summed E-state index contributed by atoms with van der Waals surface area (Å²) in [4.78, 5) is 16.6. The van der Waals surface area contributed by atoms with Gasteiger partial charge in [0.05, 0.1) is 11.3 Å². The van der Waals surface area contributed by atoms with Crippen LogP contribution in [0.2, 0.25) is 0 Å². The number of fused-ring (bicyclic) bond motifs is 1. The van der Waals surface area contributed by atoms with Crippen molar-refractivity contribution in [3.05, 3.63) is 23.8 Å². The highest BCUT2D eigenvalue weighted by Gasteiger charge is 2.14. The average Bonchev–Trinajstić information content (AvgIpc) is 2.77. The molecule has 2 aromatic rings. The van der Waals surface area contributed by atoms with Crippen LogP contribution in [0.25, 0.3) is 11.1 Å². The first-order chi connectivity index (χ1) is 9.26. The second kappa shape index (κ2) is 5.12. The van der Waals surface area contributed by atoms with Crippen molar-refractivity contribution in [1.29, 1.82) is 0 Å². The Kier molecular flexibility index (Phi) is 3.67. The SMILES string of the molecule is CN(CCS(C)(=O)=O)c1nc2ccc(C(=O)O)cc2o1. The molecule has 2 rings (SSSR count). The van der Waals surface area contributed by atoms with Gasteiger partial charge in [-0.2, -0.15) is 4.98 Å². The predicted molar refractivity (Wildman–Crippen MR) is 73.9 cm³/mol. The number of aromatic nitrogens is 1. The first-order valence-corrected chi connectivity index (χ1v) is 7.85. The van der Waals surface area contributed by atoms with Gasteiger partial charge in [-0.3, -0.25) is 0 Å². The van der Waals surface area contributed by atoms with E-state index < -0.39 is 15.8 Å². The van der Waals surface area contributed by atoms with Crippen molar-refractivity contribution in [3.63, 3.8) is 0 Å². The Hall–Kier alpha value is -2.09. The number of sulfone groups is 1. The summed E-state index contributed by atoms with van der Waals surface area (Å²) < 4.78 is 27.7. The molecule has 0 bridgehead atoms. The molecule has 0 unspecified atom stereocenters. The highest BCUT2D eigenvalue weighted by Crippen LogP contribution is 2.22. The molecule has 0 atom stereocenters. The van der Waals surface area contributed by atoms with Crippen molar-refractivity contribution in [2.45, 2.75) is 0 Å². The fraction of sp³-hybridized carbons (Fsp3) is 0.333. The van der Waals surface area contributed by atoms with E-state index in [0.717, 1.165) is 6.26 Å². The number of anilines is 1. The third-order valence-corrected chi connectivity index (χ3v) is 3.67.